The van der Waals surface area contributed by atoms with Crippen LogP contribution in [0.2, 0.25) is 0 Å². The van der Waals surface area contributed by atoms with Crippen LogP contribution in [0.1, 0.15) is 0 Å². The molecule has 0 saturated heterocycles. The number of nitrogens with two attached hydrogens (primary N) is 1. The third-order valence-electron chi connectivity index (χ3n) is 2.89. The minimum absolute atomic E-state index is 0.0216. The van der Waals surface area contributed by atoms with Crippen LogP contribution in [0.15, 0.2) is 40.8 Å². The van der Waals surface area contributed by atoms with E-state index in [-0.39, 0.29) is 10.5 Å². The van der Waals surface area contributed by atoms with E-state index in [1.807, 2.05) is 0 Å². The number of nitrogens with zero attached hydrogens (tertiary/aromatic N) is 3. The third-order valence-corrected chi connectivity index (χ3v) is 3.18. The first-order valence-electron chi connectivity index (χ1n) is 5.84. The molecule has 2 aromatic heterocycles. The maximum atomic E-state index is 10.6. The van der Waals surface area contributed by atoms with E-state index in [9.17, 15) is 10.1 Å². The molecular formula is C12H9N5O3S. The second kappa shape index (κ2) is 4.87. The number of hydrogen-bond acceptors (Lipinski definition) is 6. The van der Waals surface area contributed by atoms with Gasteiger partial charge in [0.15, 0.2) is 5.76 Å². The van der Waals surface area contributed by atoms with Gasteiger partial charge in [0.25, 0.3) is 5.69 Å². The average molecular weight is 303 g/mol. The summed E-state index contributed by atoms with van der Waals surface area (Å²) in [5, 5.41) is 17.1. The maximum Gasteiger partial charge on any atom is 0.269 e. The summed E-state index contributed by atoms with van der Waals surface area (Å²) in [6.07, 6.45) is 0. The number of nitrogen functional groups attached to an aromatic ring is 1. The van der Waals surface area contributed by atoms with Crippen molar-refractivity contribution in [1.82, 2.24) is 14.9 Å². The lowest BCUT2D eigenvalue weighted by molar-refractivity contribution is -0.384. The molecule has 21 heavy (non-hydrogen) atoms. The topological polar surface area (TPSA) is 116 Å². The van der Waals surface area contributed by atoms with Crippen molar-refractivity contribution < 1.29 is 9.34 Å². The van der Waals surface area contributed by atoms with Gasteiger partial charge < -0.3 is 10.3 Å². The normalized spacial score (nSPS) is 10.7. The first-order valence-corrected chi connectivity index (χ1v) is 6.24. The number of aromatic nitrogens is 3. The number of nitro benzene ring substituents is 1. The molecule has 0 amide bonds. The van der Waals surface area contributed by atoms with Gasteiger partial charge in [-0.25, -0.2) is 9.77 Å². The first-order chi connectivity index (χ1) is 10.1. The van der Waals surface area contributed by atoms with E-state index in [1.165, 1.54) is 16.8 Å². The first kappa shape index (κ1) is 13.1. The predicted molar refractivity (Wildman–Crippen MR) is 77.4 cm³/mol. The highest BCUT2D eigenvalue weighted by Crippen LogP contribution is 2.28. The standard InChI is InChI=1S/C12H9N5O3S/c13-16-11(14-15-12(16)21)10-6-5-9(20-10)7-1-3-8(4-2-7)17(18)19/h1-6H,13H2,(H,15,21). The molecule has 0 spiro atoms. The van der Waals surface area contributed by atoms with Crippen LogP contribution in [-0.2, 0) is 0 Å². The summed E-state index contributed by atoms with van der Waals surface area (Å²) < 4.78 is 7.13. The molecule has 8 nitrogen and oxygen atoms in total. The Morgan fingerprint density at radius 1 is 1.24 bits per heavy atom. The Kier molecular flexibility index (Phi) is 3.03. The minimum atomic E-state index is -0.455. The molecule has 0 aliphatic heterocycles. The zero-order chi connectivity index (χ0) is 15.0. The van der Waals surface area contributed by atoms with Crippen LogP contribution >= 0.6 is 12.2 Å². The van der Waals surface area contributed by atoms with Gasteiger partial charge in [0.05, 0.1) is 4.92 Å². The van der Waals surface area contributed by atoms with Crippen LogP contribution in [0, 0.1) is 14.9 Å². The molecule has 9 heteroatoms. The van der Waals surface area contributed by atoms with Crippen LogP contribution < -0.4 is 5.84 Å². The molecule has 0 aliphatic carbocycles. The number of nitro groups is 1. The summed E-state index contributed by atoms with van der Waals surface area (Å²) in [5.41, 5.74) is 0.734. The summed E-state index contributed by atoms with van der Waals surface area (Å²) in [5.74, 6) is 7.08. The molecule has 3 N–H and O–H groups in total. The van der Waals surface area contributed by atoms with Crippen LogP contribution in [0.25, 0.3) is 22.9 Å². The lowest BCUT2D eigenvalue weighted by atomic mass is 10.1. The van der Waals surface area contributed by atoms with E-state index < -0.39 is 4.92 Å². The van der Waals surface area contributed by atoms with E-state index >= 15 is 0 Å². The van der Waals surface area contributed by atoms with Crippen molar-refractivity contribution in [3.05, 3.63) is 51.3 Å². The van der Waals surface area contributed by atoms with Gasteiger partial charge in [-0.05, 0) is 36.5 Å². The Bertz CT molecular complexity index is 862. The number of rotatable bonds is 3. The summed E-state index contributed by atoms with van der Waals surface area (Å²) in [6.45, 7) is 0. The average Bonchev–Trinajstić information content (AvgIpc) is 3.07. The van der Waals surface area contributed by atoms with Gasteiger partial charge in [0.2, 0.25) is 10.6 Å². The highest BCUT2D eigenvalue weighted by atomic mass is 32.1. The number of furan rings is 1. The van der Waals surface area contributed by atoms with Crippen LogP contribution in [0.5, 0.6) is 0 Å². The van der Waals surface area contributed by atoms with E-state index in [0.717, 1.165) is 0 Å². The van der Waals surface area contributed by atoms with Crippen molar-refractivity contribution >= 4 is 17.9 Å². The zero-order valence-corrected chi connectivity index (χ0v) is 11.3. The molecule has 0 aliphatic rings. The van der Waals surface area contributed by atoms with Crippen molar-refractivity contribution in [2.75, 3.05) is 5.84 Å². The minimum Gasteiger partial charge on any atom is -0.453 e. The molecule has 0 unspecified atom stereocenters. The highest BCUT2D eigenvalue weighted by Gasteiger charge is 2.13. The van der Waals surface area contributed by atoms with Gasteiger partial charge in [0.1, 0.15) is 5.76 Å². The van der Waals surface area contributed by atoms with Crippen LogP contribution in [-0.4, -0.2) is 19.8 Å². The monoisotopic (exact) mass is 303 g/mol. The molecule has 3 aromatic rings. The zero-order valence-electron chi connectivity index (χ0n) is 10.5. The number of non-ortho nitro benzene ring substituents is 1. The van der Waals surface area contributed by atoms with E-state index in [2.05, 4.69) is 10.2 Å². The fraction of sp³-hybridized carbons (Fsp3) is 0. The summed E-state index contributed by atoms with van der Waals surface area (Å²) >= 11 is 4.93. The van der Waals surface area contributed by atoms with Crippen molar-refractivity contribution in [3.63, 3.8) is 0 Å². The SMILES string of the molecule is Nn1c(-c2ccc(-c3ccc([N+](=O)[O-])cc3)o2)n[nH]c1=S. The Balaban J connectivity index is 1.96. The quantitative estimate of drug-likeness (QED) is 0.332. The van der Waals surface area contributed by atoms with E-state index in [4.69, 9.17) is 22.5 Å². The number of benzene rings is 1. The van der Waals surface area contributed by atoms with Crippen molar-refractivity contribution in [3.8, 4) is 22.9 Å². The number of hydrogen-bond donors (Lipinski definition) is 2. The Morgan fingerprint density at radius 2 is 1.90 bits per heavy atom. The number of aromatic amines is 1. The fourth-order valence-electron chi connectivity index (χ4n) is 1.84. The van der Waals surface area contributed by atoms with E-state index in [1.54, 1.807) is 24.3 Å². The fourth-order valence-corrected chi connectivity index (χ4v) is 1.97. The Morgan fingerprint density at radius 3 is 2.48 bits per heavy atom. The van der Waals surface area contributed by atoms with Gasteiger partial charge in [-0.2, -0.15) is 0 Å². The molecule has 106 valence electrons. The maximum absolute atomic E-state index is 10.6. The third kappa shape index (κ3) is 2.30. The molecule has 2 heterocycles. The molecule has 0 bridgehead atoms. The number of H-pyrrole nitrogens is 1. The lowest BCUT2D eigenvalue weighted by Gasteiger charge is -1.98. The summed E-state index contributed by atoms with van der Waals surface area (Å²) in [7, 11) is 0. The summed E-state index contributed by atoms with van der Waals surface area (Å²) in [4.78, 5) is 10.2. The van der Waals surface area contributed by atoms with Crippen molar-refractivity contribution in [2.45, 2.75) is 0 Å². The van der Waals surface area contributed by atoms with Crippen molar-refractivity contribution in [1.29, 1.82) is 0 Å². The smallest absolute Gasteiger partial charge is 0.269 e. The van der Waals surface area contributed by atoms with E-state index in [0.29, 0.717) is 22.9 Å². The Labute approximate surface area is 122 Å². The van der Waals surface area contributed by atoms with Gasteiger partial charge in [-0.3, -0.25) is 10.1 Å². The van der Waals surface area contributed by atoms with Gasteiger partial charge in [-0.1, -0.05) is 0 Å². The lowest BCUT2D eigenvalue weighted by Crippen LogP contribution is -2.09. The second-order valence-corrected chi connectivity index (χ2v) is 4.58. The molecule has 0 atom stereocenters. The molecule has 1 aromatic carbocycles. The van der Waals surface area contributed by atoms with Gasteiger partial charge in [0, 0.05) is 17.7 Å². The van der Waals surface area contributed by atoms with Crippen molar-refractivity contribution in [2.24, 2.45) is 0 Å². The van der Waals surface area contributed by atoms with Gasteiger partial charge >= 0.3 is 0 Å². The largest absolute Gasteiger partial charge is 0.453 e. The second-order valence-electron chi connectivity index (χ2n) is 4.19. The van der Waals surface area contributed by atoms with Crippen LogP contribution in [0.3, 0.4) is 0 Å². The molecule has 0 saturated carbocycles. The molecular weight excluding hydrogens is 294 g/mol. The Hall–Kier alpha value is -2.94. The number of nitrogens with one attached hydrogen (secondary N) is 1. The predicted octanol–water partition coefficient (Wildman–Crippen LogP) is 2.49. The van der Waals surface area contributed by atoms with Crippen LogP contribution in [0.4, 0.5) is 5.69 Å². The molecule has 3 rings (SSSR count). The molecule has 0 fully saturated rings. The highest BCUT2D eigenvalue weighted by molar-refractivity contribution is 7.71. The molecule has 0 radical (unpaired) electrons. The summed E-state index contributed by atoms with van der Waals surface area (Å²) in [6, 6.07) is 9.48. The van der Waals surface area contributed by atoms with Gasteiger partial charge in [-0.15, -0.1) is 5.10 Å².